The molecule has 0 unspecified atom stereocenters. The van der Waals surface area contributed by atoms with E-state index in [1.165, 1.54) is 0 Å². The zero-order chi connectivity index (χ0) is 15.4. The molecule has 2 aromatic rings. The van der Waals surface area contributed by atoms with Crippen LogP contribution in [0.2, 0.25) is 0 Å². The number of aromatic nitrogens is 3. The summed E-state index contributed by atoms with van der Waals surface area (Å²) in [7, 11) is 4.90. The third kappa shape index (κ3) is 3.10. The fraction of sp³-hybridized carbons (Fsp3) is 0.308. The minimum Gasteiger partial charge on any atom is -0.496 e. The molecule has 1 heterocycles. The third-order valence-corrected chi connectivity index (χ3v) is 3.82. The quantitative estimate of drug-likeness (QED) is 0.812. The van der Waals surface area contributed by atoms with Crippen LogP contribution in [0.4, 0.5) is 0 Å². The van der Waals surface area contributed by atoms with Gasteiger partial charge >= 0.3 is 5.97 Å². The summed E-state index contributed by atoms with van der Waals surface area (Å²) in [6, 6.07) is 5.42. The van der Waals surface area contributed by atoms with Crippen LogP contribution in [0.5, 0.6) is 11.5 Å². The first-order chi connectivity index (χ1) is 10.1. The standard InChI is InChI=1S/C13H15N3O4S/c1-16-12(14-15-13(16)21-7-10(17)18)11-8(19-2)5-4-6-9(11)20-3/h4-6H,7H2,1-3H3,(H,17,18). The molecule has 0 atom stereocenters. The lowest BCUT2D eigenvalue weighted by molar-refractivity contribution is -0.133. The lowest BCUT2D eigenvalue weighted by Crippen LogP contribution is -2.02. The normalized spacial score (nSPS) is 10.4. The van der Waals surface area contributed by atoms with Crippen LogP contribution in [-0.4, -0.2) is 45.8 Å². The average Bonchev–Trinajstić information content (AvgIpc) is 2.84. The zero-order valence-corrected chi connectivity index (χ0v) is 12.7. The first kappa shape index (κ1) is 15.2. The highest BCUT2D eigenvalue weighted by molar-refractivity contribution is 7.99. The van der Waals surface area contributed by atoms with E-state index in [0.29, 0.717) is 28.0 Å². The largest absolute Gasteiger partial charge is 0.496 e. The van der Waals surface area contributed by atoms with Crippen molar-refractivity contribution in [3.05, 3.63) is 18.2 Å². The molecule has 1 aromatic carbocycles. The Morgan fingerprint density at radius 2 is 1.90 bits per heavy atom. The number of carboxylic acid groups (broad SMARTS) is 1. The van der Waals surface area contributed by atoms with E-state index in [4.69, 9.17) is 14.6 Å². The molecule has 0 aliphatic heterocycles. The van der Waals surface area contributed by atoms with Gasteiger partial charge in [0.1, 0.15) is 17.1 Å². The number of ether oxygens (including phenoxy) is 2. The molecule has 21 heavy (non-hydrogen) atoms. The molecule has 0 aliphatic rings. The number of carboxylic acids is 1. The van der Waals surface area contributed by atoms with E-state index >= 15 is 0 Å². The zero-order valence-electron chi connectivity index (χ0n) is 11.9. The molecular weight excluding hydrogens is 294 g/mol. The number of benzene rings is 1. The van der Waals surface area contributed by atoms with Gasteiger partial charge in [-0.25, -0.2) is 0 Å². The highest BCUT2D eigenvalue weighted by Crippen LogP contribution is 2.37. The third-order valence-electron chi connectivity index (χ3n) is 2.81. The molecule has 0 saturated heterocycles. The van der Waals surface area contributed by atoms with E-state index in [1.807, 2.05) is 6.07 Å². The van der Waals surface area contributed by atoms with Crippen LogP contribution in [0.25, 0.3) is 11.4 Å². The van der Waals surface area contributed by atoms with Gasteiger partial charge < -0.3 is 19.1 Å². The van der Waals surface area contributed by atoms with Gasteiger partial charge in [-0.3, -0.25) is 4.79 Å². The molecule has 112 valence electrons. The molecule has 7 nitrogen and oxygen atoms in total. The average molecular weight is 309 g/mol. The van der Waals surface area contributed by atoms with Gasteiger partial charge in [0, 0.05) is 7.05 Å². The molecule has 0 fully saturated rings. The van der Waals surface area contributed by atoms with E-state index < -0.39 is 5.97 Å². The maximum Gasteiger partial charge on any atom is 0.313 e. The Morgan fingerprint density at radius 3 is 2.43 bits per heavy atom. The Hall–Kier alpha value is -2.22. The molecule has 1 N–H and O–H groups in total. The number of aliphatic carboxylic acids is 1. The van der Waals surface area contributed by atoms with Crippen molar-refractivity contribution in [2.75, 3.05) is 20.0 Å². The van der Waals surface area contributed by atoms with E-state index in [2.05, 4.69) is 10.2 Å². The van der Waals surface area contributed by atoms with Crippen molar-refractivity contribution >= 4 is 17.7 Å². The van der Waals surface area contributed by atoms with Crippen molar-refractivity contribution in [3.8, 4) is 22.9 Å². The smallest absolute Gasteiger partial charge is 0.313 e. The number of methoxy groups -OCH3 is 2. The molecule has 0 spiro atoms. The van der Waals surface area contributed by atoms with Gasteiger partial charge in [0.2, 0.25) is 0 Å². The molecule has 1 aromatic heterocycles. The van der Waals surface area contributed by atoms with E-state index in [0.717, 1.165) is 11.8 Å². The Labute approximate surface area is 125 Å². The Bertz CT molecular complexity index is 635. The van der Waals surface area contributed by atoms with Crippen LogP contribution in [0.3, 0.4) is 0 Å². The number of rotatable bonds is 6. The summed E-state index contributed by atoms with van der Waals surface area (Å²) < 4.78 is 12.4. The van der Waals surface area contributed by atoms with Crippen LogP contribution in [-0.2, 0) is 11.8 Å². The summed E-state index contributed by atoms with van der Waals surface area (Å²) in [5, 5.41) is 17.4. The predicted octanol–water partition coefficient (Wildman–Crippen LogP) is 1.68. The van der Waals surface area contributed by atoms with Crippen molar-refractivity contribution in [3.63, 3.8) is 0 Å². The maximum absolute atomic E-state index is 10.6. The van der Waals surface area contributed by atoms with Crippen LogP contribution in [0, 0.1) is 0 Å². The van der Waals surface area contributed by atoms with Crippen molar-refractivity contribution < 1.29 is 19.4 Å². The first-order valence-corrected chi connectivity index (χ1v) is 7.02. The molecular formula is C13H15N3O4S. The Morgan fingerprint density at radius 1 is 1.29 bits per heavy atom. The molecule has 8 heteroatoms. The molecule has 2 rings (SSSR count). The number of thioether (sulfide) groups is 1. The van der Waals surface area contributed by atoms with E-state index in [9.17, 15) is 4.79 Å². The van der Waals surface area contributed by atoms with Crippen molar-refractivity contribution in [1.29, 1.82) is 0 Å². The summed E-state index contributed by atoms with van der Waals surface area (Å²) in [6.45, 7) is 0. The van der Waals surface area contributed by atoms with Gasteiger partial charge in [0.25, 0.3) is 0 Å². The van der Waals surface area contributed by atoms with Gasteiger partial charge in [0.05, 0.1) is 20.0 Å². The second-order valence-corrected chi connectivity index (χ2v) is 5.03. The SMILES string of the molecule is COc1cccc(OC)c1-c1nnc(SCC(=O)O)n1C. The van der Waals surface area contributed by atoms with E-state index in [-0.39, 0.29) is 5.75 Å². The lowest BCUT2D eigenvalue weighted by atomic mass is 10.1. The van der Waals surface area contributed by atoms with Crippen molar-refractivity contribution in [1.82, 2.24) is 14.8 Å². The van der Waals surface area contributed by atoms with Gasteiger partial charge in [-0.05, 0) is 12.1 Å². The number of nitrogens with zero attached hydrogens (tertiary/aromatic N) is 3. The maximum atomic E-state index is 10.6. The Kier molecular flexibility index (Phi) is 4.69. The van der Waals surface area contributed by atoms with Gasteiger partial charge in [0.15, 0.2) is 11.0 Å². The lowest BCUT2D eigenvalue weighted by Gasteiger charge is -2.12. The molecule has 0 saturated carbocycles. The number of hydrogen-bond acceptors (Lipinski definition) is 6. The second kappa shape index (κ2) is 6.49. The van der Waals surface area contributed by atoms with Crippen LogP contribution in [0.1, 0.15) is 0 Å². The summed E-state index contributed by atoms with van der Waals surface area (Å²) in [5.74, 6) is 0.797. The molecule has 0 amide bonds. The van der Waals surface area contributed by atoms with Gasteiger partial charge in [-0.15, -0.1) is 10.2 Å². The van der Waals surface area contributed by atoms with Gasteiger partial charge in [-0.2, -0.15) is 0 Å². The number of carbonyl (C=O) groups is 1. The van der Waals surface area contributed by atoms with Crippen molar-refractivity contribution in [2.45, 2.75) is 5.16 Å². The monoisotopic (exact) mass is 309 g/mol. The van der Waals surface area contributed by atoms with E-state index in [1.54, 1.807) is 38.0 Å². The van der Waals surface area contributed by atoms with Gasteiger partial charge in [-0.1, -0.05) is 17.8 Å². The number of hydrogen-bond donors (Lipinski definition) is 1. The highest BCUT2D eigenvalue weighted by atomic mass is 32.2. The molecule has 0 radical (unpaired) electrons. The first-order valence-electron chi connectivity index (χ1n) is 6.03. The fourth-order valence-electron chi connectivity index (χ4n) is 1.86. The molecule has 0 aliphatic carbocycles. The van der Waals surface area contributed by atoms with Crippen molar-refractivity contribution in [2.24, 2.45) is 7.05 Å². The summed E-state index contributed by atoms with van der Waals surface area (Å²) in [6.07, 6.45) is 0. The van der Waals surface area contributed by atoms with Crippen LogP contribution >= 0.6 is 11.8 Å². The topological polar surface area (TPSA) is 86.5 Å². The second-order valence-electron chi connectivity index (χ2n) is 4.09. The fourth-order valence-corrected chi connectivity index (χ4v) is 2.49. The minimum absolute atomic E-state index is 0.0744. The Balaban J connectivity index is 2.45. The summed E-state index contributed by atoms with van der Waals surface area (Å²) >= 11 is 1.11. The van der Waals surface area contributed by atoms with Crippen LogP contribution in [0.15, 0.2) is 23.4 Å². The van der Waals surface area contributed by atoms with Crippen LogP contribution < -0.4 is 9.47 Å². The summed E-state index contributed by atoms with van der Waals surface area (Å²) in [4.78, 5) is 10.6. The minimum atomic E-state index is -0.903. The highest BCUT2D eigenvalue weighted by Gasteiger charge is 2.19. The predicted molar refractivity (Wildman–Crippen MR) is 77.9 cm³/mol. The molecule has 0 bridgehead atoms. The summed E-state index contributed by atoms with van der Waals surface area (Å²) in [5.41, 5.74) is 0.680.